The molecule has 1 unspecified atom stereocenters. The molecule has 1 saturated heterocycles. The van der Waals surface area contributed by atoms with E-state index in [2.05, 4.69) is 4.90 Å². The smallest absolute Gasteiger partial charge is 0.295 e. The minimum Gasteiger partial charge on any atom is -0.508 e. The molecule has 1 fully saturated rings. The number of amides is 1. The number of aliphatic hydroxyl groups is 1. The van der Waals surface area contributed by atoms with Crippen molar-refractivity contribution in [1.29, 1.82) is 0 Å². The average Bonchev–Trinajstić information content (AvgIpc) is 3.01. The second-order valence-electron chi connectivity index (χ2n) is 7.57. The zero-order valence-corrected chi connectivity index (χ0v) is 17.9. The summed E-state index contributed by atoms with van der Waals surface area (Å²) >= 11 is 0. The van der Waals surface area contributed by atoms with E-state index in [4.69, 9.17) is 0 Å². The summed E-state index contributed by atoms with van der Waals surface area (Å²) in [6.45, 7) is 8.09. The molecule has 3 rings (SSSR count). The van der Waals surface area contributed by atoms with Crippen molar-refractivity contribution >= 4 is 17.4 Å². The number of likely N-dealkylation sites (N-methyl/N-ethyl adjacent to an activating group) is 1. The Labute approximate surface area is 181 Å². The van der Waals surface area contributed by atoms with Gasteiger partial charge in [-0.05, 0) is 61.5 Å². The highest BCUT2D eigenvalue weighted by Crippen LogP contribution is 2.39. The van der Waals surface area contributed by atoms with Gasteiger partial charge in [-0.2, -0.15) is 0 Å². The number of phenols is 1. The van der Waals surface area contributed by atoms with Gasteiger partial charge in [-0.1, -0.05) is 26.0 Å². The van der Waals surface area contributed by atoms with Crippen LogP contribution in [0.1, 0.15) is 36.6 Å². The van der Waals surface area contributed by atoms with E-state index in [9.17, 15) is 24.2 Å². The third-order valence-corrected chi connectivity index (χ3v) is 5.73. The summed E-state index contributed by atoms with van der Waals surface area (Å²) in [4.78, 5) is 29.5. The summed E-state index contributed by atoms with van der Waals surface area (Å²) in [5.74, 6) is -2.18. The molecule has 0 bridgehead atoms. The molecular weight excluding hydrogens is 399 g/mol. The van der Waals surface area contributed by atoms with Crippen LogP contribution < -0.4 is 0 Å². The number of carbonyl (C=O) groups excluding carboxylic acids is 2. The number of benzene rings is 2. The Hall–Kier alpha value is -3.19. The van der Waals surface area contributed by atoms with Crippen LogP contribution in [0.15, 0.2) is 48.0 Å². The molecular formula is C24H27FN2O4. The molecule has 0 saturated carbocycles. The van der Waals surface area contributed by atoms with Gasteiger partial charge in [0.15, 0.2) is 0 Å². The SMILES string of the molecule is CCN(CC)CCN1C(=O)C(=O)/C(=C(\O)c2ccc(F)c(C)c2)C1c1ccc(O)cc1. The molecule has 0 radical (unpaired) electrons. The van der Waals surface area contributed by atoms with Crippen molar-refractivity contribution < 1.29 is 24.2 Å². The largest absolute Gasteiger partial charge is 0.508 e. The molecule has 1 aliphatic heterocycles. The lowest BCUT2D eigenvalue weighted by Crippen LogP contribution is -2.38. The molecule has 2 aromatic carbocycles. The van der Waals surface area contributed by atoms with Crippen molar-refractivity contribution in [3.8, 4) is 5.75 Å². The number of hydrogen-bond donors (Lipinski definition) is 2. The van der Waals surface area contributed by atoms with Crippen LogP contribution in [0.3, 0.4) is 0 Å². The van der Waals surface area contributed by atoms with E-state index < -0.39 is 23.5 Å². The van der Waals surface area contributed by atoms with Crippen molar-refractivity contribution in [1.82, 2.24) is 9.80 Å². The normalized spacial score (nSPS) is 18.2. The van der Waals surface area contributed by atoms with Crippen LogP contribution in [0.2, 0.25) is 0 Å². The Balaban J connectivity index is 2.11. The van der Waals surface area contributed by atoms with Crippen molar-refractivity contribution in [3.63, 3.8) is 0 Å². The number of aromatic hydroxyl groups is 1. The first-order valence-corrected chi connectivity index (χ1v) is 10.3. The van der Waals surface area contributed by atoms with Gasteiger partial charge in [0.2, 0.25) is 0 Å². The van der Waals surface area contributed by atoms with E-state index in [1.165, 1.54) is 35.2 Å². The van der Waals surface area contributed by atoms with Crippen molar-refractivity contribution in [2.75, 3.05) is 26.2 Å². The van der Waals surface area contributed by atoms with Gasteiger partial charge >= 0.3 is 0 Å². The Bertz CT molecular complexity index is 1010. The molecule has 0 aliphatic carbocycles. The standard InChI is InChI=1S/C24H27FN2O4/c1-4-26(5-2)12-13-27-21(16-6-9-18(28)10-7-16)20(23(30)24(27)31)22(29)17-8-11-19(25)15(3)14-17/h6-11,14,21,28-29H,4-5,12-13H2,1-3H3/b22-20-. The molecule has 31 heavy (non-hydrogen) atoms. The topological polar surface area (TPSA) is 81.1 Å². The van der Waals surface area contributed by atoms with Crippen LogP contribution in [0.5, 0.6) is 5.75 Å². The fourth-order valence-electron chi connectivity index (χ4n) is 3.85. The number of aryl methyl sites for hydroxylation is 1. The predicted octanol–water partition coefficient (Wildman–Crippen LogP) is 3.60. The maximum absolute atomic E-state index is 13.7. The van der Waals surface area contributed by atoms with Crippen LogP contribution in [0, 0.1) is 12.7 Å². The molecule has 6 nitrogen and oxygen atoms in total. The van der Waals surface area contributed by atoms with Crippen LogP contribution >= 0.6 is 0 Å². The third kappa shape index (κ3) is 4.46. The summed E-state index contributed by atoms with van der Waals surface area (Å²) in [5.41, 5.74) is 1.14. The first-order valence-electron chi connectivity index (χ1n) is 10.3. The van der Waals surface area contributed by atoms with Crippen molar-refractivity contribution in [2.24, 2.45) is 0 Å². The van der Waals surface area contributed by atoms with E-state index >= 15 is 0 Å². The summed E-state index contributed by atoms with van der Waals surface area (Å²) in [7, 11) is 0. The first-order chi connectivity index (χ1) is 14.8. The third-order valence-electron chi connectivity index (χ3n) is 5.73. The fourth-order valence-corrected chi connectivity index (χ4v) is 3.85. The lowest BCUT2D eigenvalue weighted by molar-refractivity contribution is -0.140. The summed E-state index contributed by atoms with van der Waals surface area (Å²) in [6.07, 6.45) is 0. The van der Waals surface area contributed by atoms with E-state index in [-0.39, 0.29) is 22.6 Å². The number of rotatable bonds is 7. The van der Waals surface area contributed by atoms with Gasteiger partial charge in [0.1, 0.15) is 17.3 Å². The van der Waals surface area contributed by atoms with Gasteiger partial charge < -0.3 is 20.0 Å². The van der Waals surface area contributed by atoms with Gasteiger partial charge in [0.25, 0.3) is 11.7 Å². The minimum atomic E-state index is -0.804. The van der Waals surface area contributed by atoms with E-state index in [0.717, 1.165) is 13.1 Å². The first kappa shape index (κ1) is 22.5. The molecule has 1 heterocycles. The Morgan fingerprint density at radius 3 is 2.32 bits per heavy atom. The average molecular weight is 426 g/mol. The molecule has 0 spiro atoms. The van der Waals surface area contributed by atoms with Gasteiger partial charge in [-0.15, -0.1) is 0 Å². The highest BCUT2D eigenvalue weighted by molar-refractivity contribution is 6.46. The Morgan fingerprint density at radius 1 is 1.10 bits per heavy atom. The monoisotopic (exact) mass is 426 g/mol. The molecule has 1 amide bonds. The molecule has 164 valence electrons. The molecule has 1 aliphatic rings. The number of aliphatic hydroxyl groups excluding tert-OH is 1. The second-order valence-corrected chi connectivity index (χ2v) is 7.57. The summed E-state index contributed by atoms with van der Waals surface area (Å²) < 4.78 is 13.7. The number of ketones is 1. The number of phenolic OH excluding ortho intramolecular Hbond substituents is 1. The fraction of sp³-hybridized carbons (Fsp3) is 0.333. The van der Waals surface area contributed by atoms with Gasteiger partial charge in [0, 0.05) is 18.7 Å². The Morgan fingerprint density at radius 2 is 1.74 bits per heavy atom. The van der Waals surface area contributed by atoms with Crippen LogP contribution in [0.4, 0.5) is 4.39 Å². The number of hydrogen-bond acceptors (Lipinski definition) is 5. The maximum atomic E-state index is 13.7. The zero-order chi connectivity index (χ0) is 22.7. The molecule has 2 N–H and O–H groups in total. The summed E-state index contributed by atoms with van der Waals surface area (Å²) in [5, 5.41) is 20.7. The minimum absolute atomic E-state index is 0.0405. The van der Waals surface area contributed by atoms with Crippen molar-refractivity contribution in [2.45, 2.75) is 26.8 Å². The number of nitrogens with zero attached hydrogens (tertiary/aromatic N) is 2. The highest BCUT2D eigenvalue weighted by atomic mass is 19.1. The molecule has 1 atom stereocenters. The zero-order valence-electron chi connectivity index (χ0n) is 17.9. The highest BCUT2D eigenvalue weighted by Gasteiger charge is 2.46. The number of carbonyl (C=O) groups is 2. The van der Waals surface area contributed by atoms with Crippen molar-refractivity contribution in [3.05, 3.63) is 70.5 Å². The van der Waals surface area contributed by atoms with Crippen LogP contribution in [0.25, 0.3) is 5.76 Å². The number of likely N-dealkylation sites (tertiary alicyclic amines) is 1. The van der Waals surface area contributed by atoms with Gasteiger partial charge in [0.05, 0.1) is 11.6 Å². The quantitative estimate of drug-likeness (QED) is 0.402. The van der Waals surface area contributed by atoms with E-state index in [1.807, 2.05) is 13.8 Å². The second kappa shape index (κ2) is 9.31. The van der Waals surface area contributed by atoms with E-state index in [1.54, 1.807) is 19.1 Å². The van der Waals surface area contributed by atoms with Gasteiger partial charge in [-0.3, -0.25) is 9.59 Å². The predicted molar refractivity (Wildman–Crippen MR) is 116 cm³/mol. The summed E-state index contributed by atoms with van der Waals surface area (Å²) in [6, 6.07) is 9.44. The maximum Gasteiger partial charge on any atom is 0.295 e. The van der Waals surface area contributed by atoms with E-state index in [0.29, 0.717) is 24.2 Å². The lowest BCUT2D eigenvalue weighted by Gasteiger charge is -2.28. The molecule has 0 aromatic heterocycles. The van der Waals surface area contributed by atoms with Gasteiger partial charge in [-0.25, -0.2) is 4.39 Å². The number of halogens is 1. The lowest BCUT2D eigenvalue weighted by atomic mass is 9.94. The van der Waals surface area contributed by atoms with Crippen LogP contribution in [-0.4, -0.2) is 57.9 Å². The Kier molecular flexibility index (Phi) is 6.75. The van der Waals surface area contributed by atoms with Crippen LogP contribution in [-0.2, 0) is 9.59 Å². The molecule has 7 heteroatoms. The number of Topliss-reactive ketones (excluding diaryl/α,β-unsaturated/α-hetero) is 1. The molecule has 2 aromatic rings.